The molecule has 2 rings (SSSR count). The molecule has 0 aliphatic heterocycles. The largest absolute Gasteiger partial charge is 0.439 e. The molecule has 0 aliphatic rings. The number of aryl methyl sites for hydroxylation is 1. The fraction of sp³-hybridized carbons (Fsp3) is 0.250. The molecule has 0 atom stereocenters. The van der Waals surface area contributed by atoms with Gasteiger partial charge >= 0.3 is 0 Å². The normalized spacial score (nSPS) is 10.8. The molecule has 0 saturated carbocycles. The van der Waals surface area contributed by atoms with Crippen LogP contribution in [0.15, 0.2) is 39.0 Å². The predicted octanol–water partition coefficient (Wildman–Crippen LogP) is 3.29. The second kappa shape index (κ2) is 5.58. The van der Waals surface area contributed by atoms with E-state index in [9.17, 15) is 0 Å². The fourth-order valence-electron chi connectivity index (χ4n) is 1.49. The Morgan fingerprint density at radius 1 is 1.47 bits per heavy atom. The van der Waals surface area contributed by atoms with Crippen molar-refractivity contribution in [1.82, 2.24) is 4.98 Å². The molecule has 90 valence electrons. The number of benzene rings is 1. The number of oxazole rings is 1. The minimum Gasteiger partial charge on any atom is -0.439 e. The highest BCUT2D eigenvalue weighted by molar-refractivity contribution is 7.99. The van der Waals surface area contributed by atoms with E-state index in [1.807, 2.05) is 25.1 Å². The summed E-state index contributed by atoms with van der Waals surface area (Å²) in [4.78, 5) is 5.23. The van der Waals surface area contributed by atoms with E-state index in [1.54, 1.807) is 6.26 Å². The number of nitrogens with two attached hydrogens (primary N) is 1. The van der Waals surface area contributed by atoms with E-state index in [2.05, 4.69) is 4.98 Å². The highest BCUT2D eigenvalue weighted by Gasteiger charge is 2.11. The lowest BCUT2D eigenvalue weighted by Gasteiger charge is -2.07. The first-order valence-electron chi connectivity index (χ1n) is 5.28. The Balaban J connectivity index is 2.30. The summed E-state index contributed by atoms with van der Waals surface area (Å²) in [5.41, 5.74) is 7.57. The summed E-state index contributed by atoms with van der Waals surface area (Å²) < 4.78 is 5.32. The summed E-state index contributed by atoms with van der Waals surface area (Å²) in [6.45, 7) is 2.49. The molecular weight excluding hydrogens is 256 g/mol. The van der Waals surface area contributed by atoms with Crippen molar-refractivity contribution >= 4 is 23.4 Å². The van der Waals surface area contributed by atoms with Gasteiger partial charge in [0.15, 0.2) is 0 Å². The lowest BCUT2D eigenvalue weighted by molar-refractivity contribution is 0.454. The molecule has 0 bridgehead atoms. The molecule has 0 saturated heterocycles. The van der Waals surface area contributed by atoms with Gasteiger partial charge in [0.25, 0.3) is 5.22 Å². The third kappa shape index (κ3) is 3.03. The molecule has 1 aromatic carbocycles. The number of rotatable bonds is 4. The van der Waals surface area contributed by atoms with Gasteiger partial charge in [-0.25, -0.2) is 4.98 Å². The standard InChI is InChI=1S/C12H13ClN2OS/c1-8-7-16-12(15-8)17-11-9(5-6-14)3-2-4-10(11)13/h2-4,7H,5-6,14H2,1H3. The van der Waals surface area contributed by atoms with Crippen LogP contribution in [-0.2, 0) is 6.42 Å². The lowest BCUT2D eigenvalue weighted by atomic mass is 10.1. The minimum atomic E-state index is 0.596. The Morgan fingerprint density at radius 2 is 2.29 bits per heavy atom. The van der Waals surface area contributed by atoms with Crippen LogP contribution in [0.4, 0.5) is 0 Å². The van der Waals surface area contributed by atoms with Crippen LogP contribution in [0.2, 0.25) is 5.02 Å². The first-order valence-corrected chi connectivity index (χ1v) is 6.47. The fourth-order valence-corrected chi connectivity index (χ4v) is 2.72. The van der Waals surface area contributed by atoms with Gasteiger partial charge in [-0.3, -0.25) is 0 Å². The predicted molar refractivity (Wildman–Crippen MR) is 69.6 cm³/mol. The summed E-state index contributed by atoms with van der Waals surface area (Å²) in [7, 11) is 0. The van der Waals surface area contributed by atoms with E-state index < -0.39 is 0 Å². The molecule has 0 spiro atoms. The van der Waals surface area contributed by atoms with Crippen molar-refractivity contribution in [1.29, 1.82) is 0 Å². The summed E-state index contributed by atoms with van der Waals surface area (Å²) >= 11 is 7.63. The van der Waals surface area contributed by atoms with E-state index in [0.29, 0.717) is 16.8 Å². The monoisotopic (exact) mass is 268 g/mol. The number of aromatic nitrogens is 1. The van der Waals surface area contributed by atoms with E-state index in [1.165, 1.54) is 11.8 Å². The van der Waals surface area contributed by atoms with E-state index in [-0.39, 0.29) is 0 Å². The van der Waals surface area contributed by atoms with Crippen molar-refractivity contribution in [2.75, 3.05) is 6.54 Å². The highest BCUT2D eigenvalue weighted by atomic mass is 35.5. The molecule has 1 aromatic heterocycles. The number of hydrogen-bond donors (Lipinski definition) is 1. The van der Waals surface area contributed by atoms with Crippen LogP contribution in [0.1, 0.15) is 11.3 Å². The van der Waals surface area contributed by atoms with Crippen molar-refractivity contribution in [2.45, 2.75) is 23.5 Å². The topological polar surface area (TPSA) is 52.0 Å². The summed E-state index contributed by atoms with van der Waals surface area (Å²) in [6, 6.07) is 5.81. The van der Waals surface area contributed by atoms with Gasteiger partial charge in [-0.2, -0.15) is 0 Å². The molecule has 17 heavy (non-hydrogen) atoms. The van der Waals surface area contributed by atoms with Crippen LogP contribution < -0.4 is 5.73 Å². The summed E-state index contributed by atoms with van der Waals surface area (Å²) in [6.07, 6.45) is 2.42. The van der Waals surface area contributed by atoms with Gasteiger partial charge in [0.05, 0.1) is 10.7 Å². The van der Waals surface area contributed by atoms with E-state index in [4.69, 9.17) is 21.8 Å². The average Bonchev–Trinajstić information content (AvgIpc) is 2.70. The second-order valence-corrected chi connectivity index (χ2v) is 4.99. The summed E-state index contributed by atoms with van der Waals surface area (Å²) in [5, 5.41) is 1.31. The maximum atomic E-state index is 6.19. The van der Waals surface area contributed by atoms with Gasteiger partial charge in [0, 0.05) is 4.90 Å². The van der Waals surface area contributed by atoms with Gasteiger partial charge in [0.2, 0.25) is 0 Å². The SMILES string of the molecule is Cc1coc(Sc2c(Cl)cccc2CCN)n1. The van der Waals surface area contributed by atoms with Crippen molar-refractivity contribution in [3.05, 3.63) is 40.7 Å². The van der Waals surface area contributed by atoms with Crippen LogP contribution in [0.5, 0.6) is 0 Å². The van der Waals surface area contributed by atoms with Crippen LogP contribution >= 0.6 is 23.4 Å². The molecule has 5 heteroatoms. The Bertz CT molecular complexity index is 513. The molecule has 0 radical (unpaired) electrons. The smallest absolute Gasteiger partial charge is 0.260 e. The van der Waals surface area contributed by atoms with Crippen molar-refractivity contribution in [3.8, 4) is 0 Å². The third-order valence-corrected chi connectivity index (χ3v) is 3.72. The molecule has 0 unspecified atom stereocenters. The van der Waals surface area contributed by atoms with E-state index >= 15 is 0 Å². The first kappa shape index (κ1) is 12.5. The Labute approximate surface area is 109 Å². The maximum absolute atomic E-state index is 6.19. The van der Waals surface area contributed by atoms with Crippen LogP contribution in [0.25, 0.3) is 0 Å². The highest BCUT2D eigenvalue weighted by Crippen LogP contribution is 2.35. The maximum Gasteiger partial charge on any atom is 0.260 e. The quantitative estimate of drug-likeness (QED) is 0.924. The van der Waals surface area contributed by atoms with Gasteiger partial charge in [-0.05, 0) is 43.3 Å². The van der Waals surface area contributed by atoms with Gasteiger partial charge in [0.1, 0.15) is 6.26 Å². The third-order valence-electron chi connectivity index (χ3n) is 2.25. The van der Waals surface area contributed by atoms with Crippen LogP contribution in [0, 0.1) is 6.92 Å². The summed E-state index contributed by atoms with van der Waals surface area (Å²) in [5.74, 6) is 0. The van der Waals surface area contributed by atoms with E-state index in [0.717, 1.165) is 22.6 Å². The Morgan fingerprint density at radius 3 is 2.94 bits per heavy atom. The molecule has 2 N–H and O–H groups in total. The zero-order chi connectivity index (χ0) is 12.3. The molecular formula is C12H13ClN2OS. The Hall–Kier alpha value is -0.970. The first-order chi connectivity index (χ1) is 8.20. The lowest BCUT2D eigenvalue weighted by Crippen LogP contribution is -2.03. The van der Waals surface area contributed by atoms with Crippen LogP contribution in [0.3, 0.4) is 0 Å². The molecule has 0 fully saturated rings. The number of hydrogen-bond acceptors (Lipinski definition) is 4. The van der Waals surface area contributed by atoms with Gasteiger partial charge in [-0.1, -0.05) is 23.7 Å². The van der Waals surface area contributed by atoms with Gasteiger partial charge < -0.3 is 10.2 Å². The molecule has 3 nitrogen and oxygen atoms in total. The van der Waals surface area contributed by atoms with Gasteiger partial charge in [-0.15, -0.1) is 0 Å². The molecule has 0 aliphatic carbocycles. The zero-order valence-electron chi connectivity index (χ0n) is 9.44. The van der Waals surface area contributed by atoms with Crippen molar-refractivity contribution in [2.24, 2.45) is 5.73 Å². The average molecular weight is 269 g/mol. The minimum absolute atomic E-state index is 0.596. The molecule has 2 aromatic rings. The number of halogens is 1. The molecule has 1 heterocycles. The van der Waals surface area contributed by atoms with Crippen LogP contribution in [-0.4, -0.2) is 11.5 Å². The second-order valence-electron chi connectivity index (χ2n) is 3.62. The number of nitrogens with zero attached hydrogens (tertiary/aromatic N) is 1. The zero-order valence-corrected chi connectivity index (χ0v) is 11.0. The Kier molecular flexibility index (Phi) is 4.10. The molecule has 0 amide bonds. The van der Waals surface area contributed by atoms with Crippen molar-refractivity contribution in [3.63, 3.8) is 0 Å². The van der Waals surface area contributed by atoms with Crippen molar-refractivity contribution < 1.29 is 4.42 Å².